The minimum atomic E-state index is -0.268. The van der Waals surface area contributed by atoms with Crippen LogP contribution in [-0.2, 0) is 11.3 Å². The van der Waals surface area contributed by atoms with Crippen molar-refractivity contribution >= 4 is 28.8 Å². The second kappa shape index (κ2) is 8.67. The Hall–Kier alpha value is -3.19. The summed E-state index contributed by atoms with van der Waals surface area (Å²) in [6.45, 7) is 3.65. The molecule has 6 nitrogen and oxygen atoms in total. The molecular weight excluding hydrogens is 374 g/mol. The van der Waals surface area contributed by atoms with E-state index in [-0.39, 0.29) is 29.3 Å². The van der Waals surface area contributed by atoms with Gasteiger partial charge in [0.2, 0.25) is 5.91 Å². The van der Waals surface area contributed by atoms with Crippen molar-refractivity contribution in [1.82, 2.24) is 9.88 Å². The molecule has 0 aliphatic rings. The summed E-state index contributed by atoms with van der Waals surface area (Å²) in [6.07, 6.45) is 0. The SMILES string of the molecule is Cc1csc(=O)n1CC(=O)NC(C)c1cccc(NC(=O)c2ccccc2)c1. The molecule has 144 valence electrons. The predicted molar refractivity (Wildman–Crippen MR) is 111 cm³/mol. The van der Waals surface area contributed by atoms with Gasteiger partial charge in [0.15, 0.2) is 0 Å². The van der Waals surface area contributed by atoms with E-state index in [2.05, 4.69) is 10.6 Å². The fraction of sp³-hybridized carbons (Fsp3) is 0.190. The van der Waals surface area contributed by atoms with Gasteiger partial charge in [-0.1, -0.05) is 41.7 Å². The molecule has 0 aliphatic heterocycles. The van der Waals surface area contributed by atoms with Crippen molar-refractivity contribution in [3.05, 3.63) is 86.5 Å². The fourth-order valence-electron chi connectivity index (χ4n) is 2.79. The Morgan fingerprint density at radius 2 is 1.86 bits per heavy atom. The maximum atomic E-state index is 12.3. The normalized spacial score (nSPS) is 11.6. The third kappa shape index (κ3) is 4.75. The van der Waals surface area contributed by atoms with Crippen molar-refractivity contribution in [3.8, 4) is 0 Å². The van der Waals surface area contributed by atoms with Gasteiger partial charge in [-0.3, -0.25) is 19.0 Å². The van der Waals surface area contributed by atoms with Crippen LogP contribution >= 0.6 is 11.3 Å². The van der Waals surface area contributed by atoms with Crippen LogP contribution in [0, 0.1) is 6.92 Å². The quantitative estimate of drug-likeness (QED) is 0.672. The van der Waals surface area contributed by atoms with Gasteiger partial charge < -0.3 is 10.6 Å². The molecule has 0 spiro atoms. The van der Waals surface area contributed by atoms with Gasteiger partial charge in [-0.05, 0) is 43.7 Å². The number of carbonyl (C=O) groups excluding carboxylic acids is 2. The molecule has 0 aliphatic carbocycles. The Labute approximate surface area is 166 Å². The van der Waals surface area contributed by atoms with Gasteiger partial charge in [0.1, 0.15) is 6.54 Å². The molecule has 1 aromatic heterocycles. The van der Waals surface area contributed by atoms with Gasteiger partial charge >= 0.3 is 4.87 Å². The molecule has 0 saturated carbocycles. The molecule has 3 aromatic rings. The number of anilines is 1. The van der Waals surface area contributed by atoms with Crippen LogP contribution in [0.3, 0.4) is 0 Å². The number of aryl methyl sites for hydroxylation is 1. The number of carbonyl (C=O) groups is 2. The maximum absolute atomic E-state index is 12.3. The summed E-state index contributed by atoms with van der Waals surface area (Å²) in [5, 5.41) is 7.49. The van der Waals surface area contributed by atoms with Crippen LogP contribution in [0.5, 0.6) is 0 Å². The molecular formula is C21H21N3O3S. The number of benzene rings is 2. The first kappa shape index (κ1) is 19.6. The molecule has 2 aromatic carbocycles. The van der Waals surface area contributed by atoms with Crippen molar-refractivity contribution in [3.63, 3.8) is 0 Å². The number of aromatic nitrogens is 1. The lowest BCUT2D eigenvalue weighted by atomic mass is 10.1. The topological polar surface area (TPSA) is 80.2 Å². The van der Waals surface area contributed by atoms with Gasteiger partial charge in [0.25, 0.3) is 5.91 Å². The zero-order chi connectivity index (χ0) is 20.1. The number of rotatable bonds is 6. The highest BCUT2D eigenvalue weighted by atomic mass is 32.1. The summed E-state index contributed by atoms with van der Waals surface area (Å²) in [4.78, 5) is 36.2. The molecule has 3 rings (SSSR count). The lowest BCUT2D eigenvalue weighted by Crippen LogP contribution is -2.32. The van der Waals surface area contributed by atoms with Crippen molar-refractivity contribution in [2.45, 2.75) is 26.4 Å². The van der Waals surface area contributed by atoms with Crippen molar-refractivity contribution < 1.29 is 9.59 Å². The van der Waals surface area contributed by atoms with E-state index in [0.717, 1.165) is 22.6 Å². The van der Waals surface area contributed by atoms with Crippen molar-refractivity contribution in [2.75, 3.05) is 5.32 Å². The number of nitrogens with zero attached hydrogens (tertiary/aromatic N) is 1. The standard InChI is InChI=1S/C21H21N3O3S/c1-14-13-28-21(27)24(14)12-19(25)22-15(2)17-9-6-10-18(11-17)23-20(26)16-7-4-3-5-8-16/h3-11,13,15H,12H2,1-2H3,(H,22,25)(H,23,26). The van der Waals surface area contributed by atoms with Crippen LogP contribution in [0.2, 0.25) is 0 Å². The van der Waals surface area contributed by atoms with E-state index in [1.165, 1.54) is 4.57 Å². The van der Waals surface area contributed by atoms with Crippen molar-refractivity contribution in [1.29, 1.82) is 0 Å². The first-order chi connectivity index (χ1) is 13.4. The molecule has 0 fully saturated rings. The first-order valence-corrected chi connectivity index (χ1v) is 9.72. The Morgan fingerprint density at radius 1 is 1.11 bits per heavy atom. The summed E-state index contributed by atoms with van der Waals surface area (Å²) < 4.78 is 1.45. The molecule has 1 unspecified atom stereocenters. The zero-order valence-corrected chi connectivity index (χ0v) is 16.5. The molecule has 2 N–H and O–H groups in total. The van der Waals surface area contributed by atoms with E-state index < -0.39 is 0 Å². The summed E-state index contributed by atoms with van der Waals surface area (Å²) in [6, 6.07) is 16.0. The van der Waals surface area contributed by atoms with Crippen LogP contribution in [0.4, 0.5) is 5.69 Å². The Kier molecular flexibility index (Phi) is 6.06. The maximum Gasteiger partial charge on any atom is 0.307 e. The minimum Gasteiger partial charge on any atom is -0.348 e. The summed E-state index contributed by atoms with van der Waals surface area (Å²) in [5.74, 6) is -0.434. The van der Waals surface area contributed by atoms with Crippen molar-refractivity contribution in [2.24, 2.45) is 0 Å². The second-order valence-electron chi connectivity index (χ2n) is 6.46. The van der Waals surface area contributed by atoms with E-state index in [0.29, 0.717) is 11.3 Å². The van der Waals surface area contributed by atoms with Crippen LogP contribution in [0.1, 0.15) is 34.6 Å². The molecule has 28 heavy (non-hydrogen) atoms. The van der Waals surface area contributed by atoms with Gasteiger partial charge in [0, 0.05) is 22.3 Å². The fourth-order valence-corrected chi connectivity index (χ4v) is 3.52. The minimum absolute atomic E-state index is 0.0110. The number of amides is 2. The number of thiazole rings is 1. The number of nitrogens with one attached hydrogen (secondary N) is 2. The van der Waals surface area contributed by atoms with Crippen LogP contribution < -0.4 is 15.5 Å². The average Bonchev–Trinajstić information content (AvgIpc) is 3.00. The predicted octanol–water partition coefficient (Wildman–Crippen LogP) is 3.35. The zero-order valence-electron chi connectivity index (χ0n) is 15.6. The van der Waals surface area contributed by atoms with E-state index in [1.807, 2.05) is 43.3 Å². The van der Waals surface area contributed by atoms with Crippen LogP contribution in [0.15, 0.2) is 64.8 Å². The third-order valence-corrected chi connectivity index (χ3v) is 5.22. The molecule has 1 heterocycles. The first-order valence-electron chi connectivity index (χ1n) is 8.84. The van der Waals surface area contributed by atoms with Gasteiger partial charge in [-0.15, -0.1) is 0 Å². The number of hydrogen-bond acceptors (Lipinski definition) is 4. The second-order valence-corrected chi connectivity index (χ2v) is 7.28. The molecule has 7 heteroatoms. The van der Waals surface area contributed by atoms with E-state index >= 15 is 0 Å². The number of hydrogen-bond donors (Lipinski definition) is 2. The highest BCUT2D eigenvalue weighted by molar-refractivity contribution is 7.07. The monoisotopic (exact) mass is 395 g/mol. The Bertz CT molecular complexity index is 1040. The lowest BCUT2D eigenvalue weighted by Gasteiger charge is -2.16. The lowest BCUT2D eigenvalue weighted by molar-refractivity contribution is -0.122. The van der Waals surface area contributed by atoms with E-state index in [1.54, 1.807) is 30.5 Å². The highest BCUT2D eigenvalue weighted by Gasteiger charge is 2.13. The third-order valence-electron chi connectivity index (χ3n) is 4.34. The molecule has 0 bridgehead atoms. The largest absolute Gasteiger partial charge is 0.348 e. The molecule has 0 saturated heterocycles. The Morgan fingerprint density at radius 3 is 2.54 bits per heavy atom. The highest BCUT2D eigenvalue weighted by Crippen LogP contribution is 2.18. The van der Waals surface area contributed by atoms with Gasteiger partial charge in [-0.25, -0.2) is 0 Å². The van der Waals surface area contributed by atoms with E-state index in [9.17, 15) is 14.4 Å². The average molecular weight is 395 g/mol. The summed E-state index contributed by atoms with van der Waals surface area (Å²) in [7, 11) is 0. The van der Waals surface area contributed by atoms with E-state index in [4.69, 9.17) is 0 Å². The smallest absolute Gasteiger partial charge is 0.307 e. The van der Waals surface area contributed by atoms with Crippen LogP contribution in [0.25, 0.3) is 0 Å². The Balaban J connectivity index is 1.65. The van der Waals surface area contributed by atoms with Crippen LogP contribution in [-0.4, -0.2) is 16.4 Å². The van der Waals surface area contributed by atoms with Gasteiger partial charge in [0.05, 0.1) is 6.04 Å². The summed E-state index contributed by atoms with van der Waals surface area (Å²) in [5.41, 5.74) is 2.85. The summed E-state index contributed by atoms with van der Waals surface area (Å²) >= 11 is 1.08. The van der Waals surface area contributed by atoms with Gasteiger partial charge in [-0.2, -0.15) is 0 Å². The molecule has 0 radical (unpaired) electrons. The molecule has 1 atom stereocenters. The molecule has 2 amide bonds.